The number of fused-ring (bicyclic) bond motifs is 3. The summed E-state index contributed by atoms with van der Waals surface area (Å²) in [5, 5.41) is 0.749. The number of nitrogens with zero attached hydrogens (tertiary/aromatic N) is 2. The molecule has 0 N–H and O–H groups in total. The second-order valence-electron chi connectivity index (χ2n) is 6.59. The van der Waals surface area contributed by atoms with Crippen LogP contribution in [-0.4, -0.2) is 35.8 Å². The summed E-state index contributed by atoms with van der Waals surface area (Å²) in [6.45, 7) is 2.75. The van der Waals surface area contributed by atoms with Crippen LogP contribution in [0.25, 0.3) is 10.9 Å². The molecule has 4 rings (SSSR count). The first-order chi connectivity index (χ1) is 13.6. The second kappa shape index (κ2) is 9.01. The highest BCUT2D eigenvalue weighted by Crippen LogP contribution is 2.31. The van der Waals surface area contributed by atoms with Crippen LogP contribution < -0.4 is 0 Å². The number of ether oxygens (including phenoxy) is 1. The lowest BCUT2D eigenvalue weighted by Crippen LogP contribution is -2.23. The average molecular weight is 433 g/mol. The van der Waals surface area contributed by atoms with Crippen LogP contribution in [-0.2, 0) is 22.4 Å². The first kappa shape index (κ1) is 21.4. The van der Waals surface area contributed by atoms with Crippen LogP contribution in [0, 0.1) is 5.82 Å². The highest BCUT2D eigenvalue weighted by Gasteiger charge is 2.25. The van der Waals surface area contributed by atoms with Gasteiger partial charge in [-0.05, 0) is 49.1 Å². The molecule has 0 saturated heterocycles. The predicted octanol–water partition coefficient (Wildman–Crippen LogP) is 4.88. The third-order valence-electron chi connectivity index (χ3n) is 4.94. The van der Waals surface area contributed by atoms with Crippen molar-refractivity contribution < 1.29 is 13.9 Å². The van der Waals surface area contributed by atoms with Crippen molar-refractivity contribution in [1.29, 1.82) is 0 Å². The standard InChI is InChI=1S/C22H21FN2O2S.ClH/c1-3-27-21(26)13-18-17-12-15(23)6-9-19(17)25-20(18)10-11-24-22(25)14-4-7-16(28-2)8-5-14;/h4-9,12H,3,10-11,13H2,1-2H3;1H. The molecular formula is C22H22ClFN2O2S. The molecule has 0 atom stereocenters. The van der Waals surface area contributed by atoms with Crippen molar-refractivity contribution >= 4 is 46.9 Å². The smallest absolute Gasteiger partial charge is 0.310 e. The van der Waals surface area contributed by atoms with Crippen LogP contribution in [0.5, 0.6) is 0 Å². The Morgan fingerprint density at radius 3 is 2.69 bits per heavy atom. The molecule has 0 radical (unpaired) electrons. The zero-order chi connectivity index (χ0) is 19.7. The van der Waals surface area contributed by atoms with Gasteiger partial charge in [0, 0.05) is 34.5 Å². The lowest BCUT2D eigenvalue weighted by molar-refractivity contribution is -0.142. The number of halogens is 2. The van der Waals surface area contributed by atoms with Crippen LogP contribution >= 0.6 is 24.2 Å². The second-order valence-corrected chi connectivity index (χ2v) is 7.47. The molecule has 152 valence electrons. The van der Waals surface area contributed by atoms with E-state index in [0.717, 1.165) is 33.6 Å². The first-order valence-corrected chi connectivity index (χ1v) is 10.5. The fraction of sp³-hybridized carbons (Fsp3) is 0.273. The molecular weight excluding hydrogens is 411 g/mol. The van der Waals surface area contributed by atoms with Crippen molar-refractivity contribution in [2.75, 3.05) is 19.4 Å². The summed E-state index contributed by atoms with van der Waals surface area (Å²) >= 11 is 1.69. The number of aliphatic imine (C=N–C) groups is 1. The van der Waals surface area contributed by atoms with Gasteiger partial charge < -0.3 is 4.74 Å². The number of esters is 1. The van der Waals surface area contributed by atoms with E-state index >= 15 is 0 Å². The summed E-state index contributed by atoms with van der Waals surface area (Å²) < 4.78 is 21.2. The Morgan fingerprint density at radius 2 is 2.00 bits per heavy atom. The molecule has 0 bridgehead atoms. The molecule has 0 unspecified atom stereocenters. The van der Waals surface area contributed by atoms with Crippen molar-refractivity contribution in [3.05, 3.63) is 65.1 Å². The van der Waals surface area contributed by atoms with Gasteiger partial charge in [0.15, 0.2) is 0 Å². The van der Waals surface area contributed by atoms with Gasteiger partial charge in [-0.25, -0.2) is 4.39 Å². The average Bonchev–Trinajstić information content (AvgIpc) is 3.01. The molecule has 1 aliphatic heterocycles. The van der Waals surface area contributed by atoms with Crippen LogP contribution in [0.2, 0.25) is 0 Å². The van der Waals surface area contributed by atoms with E-state index < -0.39 is 0 Å². The number of aromatic nitrogens is 1. The molecule has 0 amide bonds. The normalized spacial score (nSPS) is 12.9. The quantitative estimate of drug-likeness (QED) is 0.426. The highest BCUT2D eigenvalue weighted by atomic mass is 35.5. The minimum Gasteiger partial charge on any atom is -0.466 e. The predicted molar refractivity (Wildman–Crippen MR) is 118 cm³/mol. The number of hydrogen-bond acceptors (Lipinski definition) is 4. The van der Waals surface area contributed by atoms with Gasteiger partial charge in [-0.3, -0.25) is 14.4 Å². The third kappa shape index (κ3) is 4.05. The van der Waals surface area contributed by atoms with E-state index in [1.165, 1.54) is 17.0 Å². The highest BCUT2D eigenvalue weighted by molar-refractivity contribution is 7.98. The number of rotatable bonds is 5. The maximum absolute atomic E-state index is 14.0. The van der Waals surface area contributed by atoms with Gasteiger partial charge in [-0.15, -0.1) is 24.2 Å². The van der Waals surface area contributed by atoms with Crippen molar-refractivity contribution in [1.82, 2.24) is 4.57 Å². The Hall–Kier alpha value is -2.31. The first-order valence-electron chi connectivity index (χ1n) is 9.29. The Labute approximate surface area is 179 Å². The molecule has 0 fully saturated rings. The third-order valence-corrected chi connectivity index (χ3v) is 5.68. The molecule has 1 aromatic heterocycles. The summed E-state index contributed by atoms with van der Waals surface area (Å²) in [6.07, 6.45) is 2.88. The maximum Gasteiger partial charge on any atom is 0.310 e. The molecule has 2 heterocycles. The lowest BCUT2D eigenvalue weighted by Gasteiger charge is -2.19. The molecule has 0 saturated carbocycles. The zero-order valence-electron chi connectivity index (χ0n) is 16.3. The van der Waals surface area contributed by atoms with E-state index in [0.29, 0.717) is 19.6 Å². The van der Waals surface area contributed by atoms with Crippen LogP contribution in [0.1, 0.15) is 23.7 Å². The van der Waals surface area contributed by atoms with Crippen LogP contribution in [0.3, 0.4) is 0 Å². The fourth-order valence-corrected chi connectivity index (χ4v) is 4.15. The number of hydrogen-bond donors (Lipinski definition) is 0. The Bertz CT molecular complexity index is 1080. The summed E-state index contributed by atoms with van der Waals surface area (Å²) in [6, 6.07) is 13.0. The van der Waals surface area contributed by atoms with Crippen molar-refractivity contribution in [2.45, 2.75) is 24.7 Å². The van der Waals surface area contributed by atoms with Gasteiger partial charge in [0.2, 0.25) is 0 Å². The number of carbonyl (C=O) groups excluding carboxylic acids is 1. The zero-order valence-corrected chi connectivity index (χ0v) is 17.9. The number of thioether (sulfide) groups is 1. The molecule has 0 aliphatic carbocycles. The molecule has 0 spiro atoms. The molecule has 3 aromatic rings. The minimum atomic E-state index is -0.316. The van der Waals surface area contributed by atoms with Crippen LogP contribution in [0.15, 0.2) is 52.4 Å². The van der Waals surface area contributed by atoms with Gasteiger partial charge in [0.25, 0.3) is 0 Å². The van der Waals surface area contributed by atoms with E-state index in [1.54, 1.807) is 24.8 Å². The molecule has 7 heteroatoms. The maximum atomic E-state index is 14.0. The van der Waals surface area contributed by atoms with Crippen LogP contribution in [0.4, 0.5) is 4.39 Å². The SMILES string of the molecule is CCOC(=O)Cc1c2n(c3ccc(F)cc13)C(c1ccc(SC)cc1)=NCC2.Cl. The van der Waals surface area contributed by atoms with Crippen molar-refractivity contribution in [2.24, 2.45) is 4.99 Å². The summed E-state index contributed by atoms with van der Waals surface area (Å²) in [5.41, 5.74) is 3.71. The molecule has 29 heavy (non-hydrogen) atoms. The van der Waals surface area contributed by atoms with Crippen molar-refractivity contribution in [3.8, 4) is 0 Å². The van der Waals surface area contributed by atoms with Gasteiger partial charge in [0.1, 0.15) is 11.7 Å². The largest absolute Gasteiger partial charge is 0.466 e. The van der Waals surface area contributed by atoms with E-state index in [4.69, 9.17) is 9.73 Å². The Morgan fingerprint density at radius 1 is 1.24 bits per heavy atom. The topological polar surface area (TPSA) is 43.6 Å². The fourth-order valence-electron chi connectivity index (χ4n) is 3.74. The minimum absolute atomic E-state index is 0. The lowest BCUT2D eigenvalue weighted by atomic mass is 10.1. The number of benzene rings is 2. The monoisotopic (exact) mass is 432 g/mol. The van der Waals surface area contributed by atoms with E-state index in [9.17, 15) is 9.18 Å². The van der Waals surface area contributed by atoms with Gasteiger partial charge in [-0.1, -0.05) is 12.1 Å². The Balaban J connectivity index is 0.00000240. The summed E-state index contributed by atoms with van der Waals surface area (Å²) in [5.74, 6) is 0.222. The summed E-state index contributed by atoms with van der Waals surface area (Å²) in [7, 11) is 0. The van der Waals surface area contributed by atoms with E-state index in [1.807, 2.05) is 6.26 Å². The molecule has 2 aromatic carbocycles. The van der Waals surface area contributed by atoms with Gasteiger partial charge in [0.05, 0.1) is 18.5 Å². The number of carbonyl (C=O) groups is 1. The summed E-state index contributed by atoms with van der Waals surface area (Å²) in [4.78, 5) is 18.1. The van der Waals surface area contributed by atoms with E-state index in [2.05, 4.69) is 28.8 Å². The molecule has 1 aliphatic rings. The molecule has 4 nitrogen and oxygen atoms in total. The van der Waals surface area contributed by atoms with E-state index in [-0.39, 0.29) is 30.6 Å². The van der Waals surface area contributed by atoms with Crippen molar-refractivity contribution in [3.63, 3.8) is 0 Å². The van der Waals surface area contributed by atoms with Gasteiger partial charge in [-0.2, -0.15) is 0 Å². The van der Waals surface area contributed by atoms with Gasteiger partial charge >= 0.3 is 5.97 Å². The Kier molecular flexibility index (Phi) is 6.65.